The zero-order valence-corrected chi connectivity index (χ0v) is 15.8. The molecule has 0 saturated carbocycles. The summed E-state index contributed by atoms with van der Waals surface area (Å²) in [7, 11) is -3.78. The minimum absolute atomic E-state index is 0.213. The molecule has 0 aliphatic rings. The van der Waals surface area contributed by atoms with Gasteiger partial charge in [-0.05, 0) is 48.4 Å². The zero-order chi connectivity index (χ0) is 20.0. The van der Waals surface area contributed by atoms with Gasteiger partial charge < -0.3 is 5.32 Å². The maximum atomic E-state index is 13.2. The van der Waals surface area contributed by atoms with Gasteiger partial charge in [-0.2, -0.15) is 5.26 Å². The highest BCUT2D eigenvalue weighted by molar-refractivity contribution is 7.92. The Morgan fingerprint density at radius 2 is 1.78 bits per heavy atom. The lowest BCUT2D eigenvalue weighted by molar-refractivity contribution is -0.117. The van der Waals surface area contributed by atoms with Gasteiger partial charge in [0.05, 0.1) is 24.4 Å². The van der Waals surface area contributed by atoms with Crippen molar-refractivity contribution in [2.24, 2.45) is 0 Å². The van der Waals surface area contributed by atoms with Crippen molar-refractivity contribution in [1.29, 1.82) is 5.26 Å². The van der Waals surface area contributed by atoms with E-state index in [2.05, 4.69) is 5.32 Å². The summed E-state index contributed by atoms with van der Waals surface area (Å²) in [6.07, 6.45) is 1.49. The van der Waals surface area contributed by atoms with Crippen molar-refractivity contribution in [2.75, 3.05) is 15.9 Å². The third-order valence-corrected chi connectivity index (χ3v) is 5.10. The lowest BCUT2D eigenvalue weighted by atomic mass is 10.1. The molecule has 1 N–H and O–H groups in total. The van der Waals surface area contributed by atoms with Gasteiger partial charge in [-0.1, -0.05) is 19.1 Å². The predicted molar refractivity (Wildman–Crippen MR) is 102 cm³/mol. The molecule has 0 fully saturated rings. The molecular weight excluding hydrogens is 369 g/mol. The van der Waals surface area contributed by atoms with E-state index in [0.29, 0.717) is 5.69 Å². The summed E-state index contributed by atoms with van der Waals surface area (Å²) >= 11 is 0. The molecule has 0 aliphatic heterocycles. The Balaban J connectivity index is 2.29. The van der Waals surface area contributed by atoms with Crippen molar-refractivity contribution in [3.8, 4) is 6.07 Å². The normalized spacial score (nSPS) is 12.1. The van der Waals surface area contributed by atoms with Crippen LogP contribution in [0.3, 0.4) is 0 Å². The average molecular weight is 389 g/mol. The van der Waals surface area contributed by atoms with Gasteiger partial charge in [0, 0.05) is 5.69 Å². The molecule has 2 rings (SSSR count). The highest BCUT2D eigenvalue weighted by Gasteiger charge is 2.31. The third kappa shape index (κ3) is 5.28. The van der Waals surface area contributed by atoms with E-state index < -0.39 is 27.8 Å². The number of carbonyl (C=O) groups excluding carboxylic acids is 1. The molecule has 0 unspecified atom stereocenters. The first-order valence-corrected chi connectivity index (χ1v) is 10.1. The fourth-order valence-electron chi connectivity index (χ4n) is 2.67. The fraction of sp³-hybridized carbons (Fsp3) is 0.263. The number of amides is 1. The Hall–Kier alpha value is -2.92. The SMILES string of the molecule is CC[C@H](C(=O)Nc1ccc(CC#N)cc1)N(c1ccc(F)cc1)S(C)(=O)=O. The standard InChI is InChI=1S/C19H20FN3O3S/c1-3-18(19(24)22-16-8-4-14(5-9-16)12-13-21)23(27(2,25)26)17-10-6-15(20)7-11-17/h4-11,18H,3,12H2,1-2H3,(H,22,24)/t18-/m1/s1. The fourth-order valence-corrected chi connectivity index (χ4v) is 3.88. The average Bonchev–Trinajstić information content (AvgIpc) is 2.61. The van der Waals surface area contributed by atoms with Gasteiger partial charge in [-0.25, -0.2) is 12.8 Å². The van der Waals surface area contributed by atoms with Crippen LogP contribution in [0.25, 0.3) is 0 Å². The van der Waals surface area contributed by atoms with Crippen LogP contribution in [0.15, 0.2) is 48.5 Å². The quantitative estimate of drug-likeness (QED) is 0.788. The van der Waals surface area contributed by atoms with E-state index in [9.17, 15) is 17.6 Å². The summed E-state index contributed by atoms with van der Waals surface area (Å²) < 4.78 is 38.8. The first kappa shape index (κ1) is 20.4. The maximum Gasteiger partial charge on any atom is 0.248 e. The number of hydrogen-bond donors (Lipinski definition) is 1. The van der Waals surface area contributed by atoms with E-state index in [1.54, 1.807) is 31.2 Å². The first-order valence-electron chi connectivity index (χ1n) is 8.28. The molecule has 0 bridgehead atoms. The molecule has 1 atom stereocenters. The summed E-state index contributed by atoms with van der Waals surface area (Å²) in [6.45, 7) is 1.70. The second-order valence-corrected chi connectivity index (χ2v) is 7.84. The third-order valence-electron chi connectivity index (χ3n) is 3.92. The molecule has 8 heteroatoms. The van der Waals surface area contributed by atoms with Crippen LogP contribution in [0.2, 0.25) is 0 Å². The van der Waals surface area contributed by atoms with Gasteiger partial charge >= 0.3 is 0 Å². The summed E-state index contributed by atoms with van der Waals surface area (Å²) in [5, 5.41) is 11.4. The Morgan fingerprint density at radius 1 is 1.19 bits per heavy atom. The van der Waals surface area contributed by atoms with Crippen LogP contribution in [-0.4, -0.2) is 26.6 Å². The highest BCUT2D eigenvalue weighted by atomic mass is 32.2. The number of anilines is 2. The lowest BCUT2D eigenvalue weighted by Crippen LogP contribution is -2.47. The number of halogens is 1. The van der Waals surface area contributed by atoms with E-state index in [1.807, 2.05) is 6.07 Å². The number of nitrogens with zero attached hydrogens (tertiary/aromatic N) is 2. The van der Waals surface area contributed by atoms with Crippen molar-refractivity contribution < 1.29 is 17.6 Å². The summed E-state index contributed by atoms with van der Waals surface area (Å²) in [5.74, 6) is -0.998. The van der Waals surface area contributed by atoms with Crippen LogP contribution < -0.4 is 9.62 Å². The summed E-state index contributed by atoms with van der Waals surface area (Å²) in [5.41, 5.74) is 1.52. The number of sulfonamides is 1. The van der Waals surface area contributed by atoms with Crippen LogP contribution in [0.4, 0.5) is 15.8 Å². The molecule has 0 aliphatic carbocycles. The zero-order valence-electron chi connectivity index (χ0n) is 15.0. The van der Waals surface area contributed by atoms with Crippen molar-refractivity contribution in [3.05, 3.63) is 59.9 Å². The minimum Gasteiger partial charge on any atom is -0.324 e. The maximum absolute atomic E-state index is 13.2. The van der Waals surface area contributed by atoms with Crippen molar-refractivity contribution in [3.63, 3.8) is 0 Å². The van der Waals surface area contributed by atoms with Crippen LogP contribution in [0, 0.1) is 17.1 Å². The van der Waals surface area contributed by atoms with Crippen molar-refractivity contribution in [1.82, 2.24) is 0 Å². The molecule has 142 valence electrons. The Kier molecular flexibility index (Phi) is 6.53. The molecule has 0 saturated heterocycles. The summed E-state index contributed by atoms with van der Waals surface area (Å²) in [6, 6.07) is 12.7. The van der Waals surface area contributed by atoms with E-state index >= 15 is 0 Å². The molecule has 1 amide bonds. The van der Waals surface area contributed by atoms with Crippen molar-refractivity contribution >= 4 is 27.3 Å². The van der Waals surface area contributed by atoms with Gasteiger partial charge in [0.25, 0.3) is 0 Å². The van der Waals surface area contributed by atoms with Gasteiger partial charge in [-0.15, -0.1) is 0 Å². The number of nitrogens with one attached hydrogen (secondary N) is 1. The number of carbonyl (C=O) groups is 1. The van der Waals surface area contributed by atoms with E-state index in [-0.39, 0.29) is 18.5 Å². The lowest BCUT2D eigenvalue weighted by Gasteiger charge is -2.30. The smallest absolute Gasteiger partial charge is 0.248 e. The molecule has 0 aromatic heterocycles. The van der Waals surface area contributed by atoms with Gasteiger partial charge in [-0.3, -0.25) is 9.10 Å². The topological polar surface area (TPSA) is 90.3 Å². The Labute approximate surface area is 158 Å². The minimum atomic E-state index is -3.78. The number of benzene rings is 2. The highest BCUT2D eigenvalue weighted by Crippen LogP contribution is 2.23. The molecule has 2 aromatic rings. The number of rotatable bonds is 7. The first-order chi connectivity index (χ1) is 12.8. The van der Waals surface area contributed by atoms with Gasteiger partial charge in [0.2, 0.25) is 15.9 Å². The Bertz CT molecular complexity index is 936. The predicted octanol–water partition coefficient (Wildman–Crippen LogP) is 3.08. The van der Waals surface area contributed by atoms with E-state index in [0.717, 1.165) is 28.3 Å². The Morgan fingerprint density at radius 3 is 2.26 bits per heavy atom. The second kappa shape index (κ2) is 8.64. The largest absolute Gasteiger partial charge is 0.324 e. The van der Waals surface area contributed by atoms with Crippen LogP contribution >= 0.6 is 0 Å². The van der Waals surface area contributed by atoms with Crippen LogP contribution in [-0.2, 0) is 21.2 Å². The van der Waals surface area contributed by atoms with E-state index in [1.165, 1.54) is 12.1 Å². The monoisotopic (exact) mass is 389 g/mol. The number of nitriles is 1. The molecule has 2 aromatic carbocycles. The molecule has 0 radical (unpaired) electrons. The van der Waals surface area contributed by atoms with Crippen LogP contribution in [0.1, 0.15) is 18.9 Å². The second-order valence-electron chi connectivity index (χ2n) is 5.98. The van der Waals surface area contributed by atoms with Gasteiger partial charge in [0.1, 0.15) is 11.9 Å². The van der Waals surface area contributed by atoms with Crippen molar-refractivity contribution in [2.45, 2.75) is 25.8 Å². The molecule has 6 nitrogen and oxygen atoms in total. The summed E-state index contributed by atoms with van der Waals surface area (Å²) in [4.78, 5) is 12.7. The van der Waals surface area contributed by atoms with Gasteiger partial charge in [0.15, 0.2) is 0 Å². The van der Waals surface area contributed by atoms with E-state index in [4.69, 9.17) is 5.26 Å². The molecule has 0 heterocycles. The molecule has 0 spiro atoms. The molecule has 27 heavy (non-hydrogen) atoms. The van der Waals surface area contributed by atoms with Crippen LogP contribution in [0.5, 0.6) is 0 Å². The number of hydrogen-bond acceptors (Lipinski definition) is 4. The molecular formula is C19H20FN3O3S.